The molecule has 0 aromatic heterocycles. The highest BCUT2D eigenvalue weighted by Gasteiger charge is 2.11. The predicted octanol–water partition coefficient (Wildman–Crippen LogP) is 4.08. The average molecular weight is 392 g/mol. The fraction of sp³-hybridized carbons (Fsp3) is 0.176. The smallest absolute Gasteiger partial charge is 0.267 e. The Hall–Kier alpha value is -1.69. The molecule has 108 valence electrons. The third-order valence-corrected chi connectivity index (χ3v) is 3.95. The highest BCUT2D eigenvalue weighted by molar-refractivity contribution is 14.1. The number of halogens is 1. The third kappa shape index (κ3) is 4.14. The van der Waals surface area contributed by atoms with Gasteiger partial charge in [0.05, 0.1) is 11.3 Å². The molecule has 1 N–H and O–H groups in total. The van der Waals surface area contributed by atoms with Crippen molar-refractivity contribution in [1.29, 1.82) is 0 Å². The summed E-state index contributed by atoms with van der Waals surface area (Å²) in [5, 5.41) is 4.32. The van der Waals surface area contributed by atoms with Crippen LogP contribution >= 0.6 is 22.6 Å². The second-order valence-corrected chi connectivity index (χ2v) is 6.10. The summed E-state index contributed by atoms with van der Waals surface area (Å²) in [5.41, 5.74) is 5.19. The van der Waals surface area contributed by atoms with Gasteiger partial charge in [0.15, 0.2) is 0 Å². The molecule has 2 rings (SSSR count). The molecular weight excluding hydrogens is 375 g/mol. The lowest BCUT2D eigenvalue weighted by molar-refractivity contribution is 0.0954. The lowest BCUT2D eigenvalue weighted by Crippen LogP contribution is -2.23. The maximum absolute atomic E-state index is 12.2. The zero-order valence-corrected chi connectivity index (χ0v) is 14.2. The molecule has 0 unspecified atom stereocenters. The molecule has 21 heavy (non-hydrogen) atoms. The van der Waals surface area contributed by atoms with Crippen LogP contribution in [0.5, 0.6) is 0 Å². The van der Waals surface area contributed by atoms with Crippen LogP contribution in [0.1, 0.15) is 29.8 Å². The number of nitrogens with one attached hydrogen (secondary N) is 1. The van der Waals surface area contributed by atoms with Crippen LogP contribution in [0.15, 0.2) is 59.7 Å². The van der Waals surface area contributed by atoms with Crippen molar-refractivity contribution in [3.63, 3.8) is 0 Å². The molecule has 4 heteroatoms. The molecule has 1 amide bonds. The molecule has 0 aliphatic heterocycles. The van der Waals surface area contributed by atoms with Gasteiger partial charge in [0.25, 0.3) is 5.91 Å². The number of hydrogen-bond acceptors (Lipinski definition) is 2. The summed E-state index contributed by atoms with van der Waals surface area (Å²) in [6, 6.07) is 17.3. The lowest BCUT2D eigenvalue weighted by Gasteiger charge is -2.11. The minimum Gasteiger partial charge on any atom is -0.267 e. The molecule has 0 fully saturated rings. The first-order valence-corrected chi connectivity index (χ1v) is 7.85. The quantitative estimate of drug-likeness (QED) is 0.476. The van der Waals surface area contributed by atoms with Crippen LogP contribution in [0.4, 0.5) is 0 Å². The van der Waals surface area contributed by atoms with Crippen molar-refractivity contribution < 1.29 is 4.79 Å². The van der Waals surface area contributed by atoms with Gasteiger partial charge in [-0.2, -0.15) is 5.10 Å². The molecule has 0 spiro atoms. The summed E-state index contributed by atoms with van der Waals surface area (Å²) in [6.45, 7) is 4.12. The van der Waals surface area contributed by atoms with Gasteiger partial charge in [-0.25, -0.2) is 5.43 Å². The number of benzene rings is 2. The Bertz CT molecular complexity index is 651. The van der Waals surface area contributed by atoms with Gasteiger partial charge >= 0.3 is 0 Å². The number of carbonyl (C=O) groups is 1. The fourth-order valence-electron chi connectivity index (χ4n) is 1.95. The second-order valence-electron chi connectivity index (χ2n) is 4.94. The van der Waals surface area contributed by atoms with Crippen LogP contribution in [0, 0.1) is 9.49 Å². The van der Waals surface area contributed by atoms with E-state index >= 15 is 0 Å². The number of rotatable bonds is 4. The van der Waals surface area contributed by atoms with Crippen LogP contribution in [-0.2, 0) is 0 Å². The summed E-state index contributed by atoms with van der Waals surface area (Å²) in [7, 11) is 0. The molecule has 0 radical (unpaired) electrons. The van der Waals surface area contributed by atoms with Gasteiger partial charge in [-0.1, -0.05) is 56.3 Å². The normalized spacial score (nSPS) is 11.5. The van der Waals surface area contributed by atoms with Gasteiger partial charge in [0, 0.05) is 3.57 Å². The summed E-state index contributed by atoms with van der Waals surface area (Å²) in [6.07, 6.45) is 0. The predicted molar refractivity (Wildman–Crippen MR) is 94.4 cm³/mol. The number of hydrazone groups is 1. The largest absolute Gasteiger partial charge is 0.272 e. The van der Waals surface area contributed by atoms with Crippen LogP contribution < -0.4 is 5.43 Å². The number of nitrogens with zero attached hydrogens (tertiary/aromatic N) is 1. The number of carbonyl (C=O) groups excluding carboxylic acids is 1. The van der Waals surface area contributed by atoms with E-state index in [1.54, 1.807) is 6.07 Å². The first-order chi connectivity index (χ1) is 10.1. The minimum absolute atomic E-state index is 0.186. The molecule has 0 saturated carbocycles. The summed E-state index contributed by atoms with van der Waals surface area (Å²) in [5.74, 6) is 0.0385. The Balaban J connectivity index is 2.22. The summed E-state index contributed by atoms with van der Waals surface area (Å²) < 4.78 is 0.911. The van der Waals surface area contributed by atoms with E-state index in [4.69, 9.17) is 0 Å². The van der Waals surface area contributed by atoms with E-state index in [0.29, 0.717) is 5.56 Å². The van der Waals surface area contributed by atoms with Gasteiger partial charge in [0.1, 0.15) is 0 Å². The van der Waals surface area contributed by atoms with Crippen molar-refractivity contribution in [3.8, 4) is 0 Å². The number of amides is 1. The van der Waals surface area contributed by atoms with Crippen molar-refractivity contribution in [2.75, 3.05) is 0 Å². The van der Waals surface area contributed by atoms with E-state index in [1.165, 1.54) is 0 Å². The van der Waals surface area contributed by atoms with E-state index in [9.17, 15) is 4.79 Å². The fourth-order valence-corrected chi connectivity index (χ4v) is 2.58. The van der Waals surface area contributed by atoms with Crippen LogP contribution in [0.3, 0.4) is 0 Å². The zero-order valence-electron chi connectivity index (χ0n) is 12.0. The summed E-state index contributed by atoms with van der Waals surface area (Å²) in [4.78, 5) is 12.2. The van der Waals surface area contributed by atoms with Crippen LogP contribution in [-0.4, -0.2) is 11.6 Å². The SMILES string of the molecule is CC(C)/C(=N\NC(=O)c1ccccc1I)c1ccccc1. The first kappa shape index (κ1) is 15.7. The molecular formula is C17H17IN2O. The lowest BCUT2D eigenvalue weighted by atomic mass is 10.0. The minimum atomic E-state index is -0.186. The highest BCUT2D eigenvalue weighted by Crippen LogP contribution is 2.12. The van der Waals surface area contributed by atoms with E-state index in [-0.39, 0.29) is 11.8 Å². The maximum Gasteiger partial charge on any atom is 0.272 e. The molecule has 0 saturated heterocycles. The van der Waals surface area contributed by atoms with E-state index in [0.717, 1.165) is 14.8 Å². The highest BCUT2D eigenvalue weighted by atomic mass is 127. The van der Waals surface area contributed by atoms with E-state index in [2.05, 4.69) is 47.0 Å². The van der Waals surface area contributed by atoms with E-state index in [1.807, 2.05) is 48.5 Å². The maximum atomic E-state index is 12.2. The third-order valence-electron chi connectivity index (χ3n) is 3.01. The molecule has 0 bridgehead atoms. The van der Waals surface area contributed by atoms with Gasteiger partial charge in [-0.15, -0.1) is 0 Å². The Morgan fingerprint density at radius 1 is 1.05 bits per heavy atom. The standard InChI is InChI=1S/C17H17IN2O/c1-12(2)16(13-8-4-3-5-9-13)19-20-17(21)14-10-6-7-11-15(14)18/h3-12H,1-2H3,(H,20,21)/b19-16+. The van der Waals surface area contributed by atoms with Crippen molar-refractivity contribution in [1.82, 2.24) is 5.43 Å². The molecule has 0 aliphatic rings. The van der Waals surface area contributed by atoms with Gasteiger partial charge < -0.3 is 0 Å². The number of hydrogen-bond donors (Lipinski definition) is 1. The van der Waals surface area contributed by atoms with Gasteiger partial charge in [-0.3, -0.25) is 4.79 Å². The topological polar surface area (TPSA) is 41.5 Å². The van der Waals surface area contributed by atoms with Crippen molar-refractivity contribution in [2.24, 2.45) is 11.0 Å². The zero-order chi connectivity index (χ0) is 15.2. The Labute approximate surface area is 138 Å². The van der Waals surface area contributed by atoms with Gasteiger partial charge in [-0.05, 0) is 46.2 Å². The second kappa shape index (κ2) is 7.36. The first-order valence-electron chi connectivity index (χ1n) is 6.77. The van der Waals surface area contributed by atoms with Crippen LogP contribution in [0.25, 0.3) is 0 Å². The van der Waals surface area contributed by atoms with E-state index < -0.39 is 0 Å². The molecule has 0 aliphatic carbocycles. The van der Waals surface area contributed by atoms with Crippen molar-refractivity contribution >= 4 is 34.2 Å². The van der Waals surface area contributed by atoms with Gasteiger partial charge in [0.2, 0.25) is 0 Å². The molecule has 0 atom stereocenters. The summed E-state index contributed by atoms with van der Waals surface area (Å²) >= 11 is 2.15. The Morgan fingerprint density at radius 2 is 1.67 bits per heavy atom. The molecule has 0 heterocycles. The average Bonchev–Trinajstić information content (AvgIpc) is 2.48. The van der Waals surface area contributed by atoms with Crippen molar-refractivity contribution in [3.05, 3.63) is 69.3 Å². The Kier molecular flexibility index (Phi) is 5.50. The van der Waals surface area contributed by atoms with Crippen LogP contribution in [0.2, 0.25) is 0 Å². The Morgan fingerprint density at radius 3 is 2.29 bits per heavy atom. The molecule has 3 nitrogen and oxygen atoms in total. The molecule has 2 aromatic carbocycles. The molecule has 2 aromatic rings. The monoisotopic (exact) mass is 392 g/mol. The van der Waals surface area contributed by atoms with Crippen molar-refractivity contribution in [2.45, 2.75) is 13.8 Å².